The van der Waals surface area contributed by atoms with Crippen molar-refractivity contribution in [3.05, 3.63) is 52.6 Å². The molecule has 1 aliphatic heterocycles. The van der Waals surface area contributed by atoms with Crippen LogP contribution in [-0.4, -0.2) is 60.4 Å². The number of furan rings is 1. The Morgan fingerprint density at radius 3 is 2.54 bits per heavy atom. The van der Waals surface area contributed by atoms with Crippen molar-refractivity contribution >= 4 is 35.2 Å². The van der Waals surface area contributed by atoms with Crippen molar-refractivity contribution < 1.29 is 23.5 Å². The van der Waals surface area contributed by atoms with Gasteiger partial charge in [0.15, 0.2) is 12.4 Å². The molecule has 136 valence electrons. The van der Waals surface area contributed by atoms with Crippen LogP contribution in [0, 0.1) is 0 Å². The third kappa shape index (κ3) is 4.60. The monoisotopic (exact) mass is 374 g/mol. The summed E-state index contributed by atoms with van der Waals surface area (Å²) in [5.41, 5.74) is 0. The van der Waals surface area contributed by atoms with E-state index in [1.165, 1.54) is 23.7 Å². The Balaban J connectivity index is 1.41. The Labute approximate surface area is 154 Å². The molecule has 0 aromatic carbocycles. The Morgan fingerprint density at radius 2 is 1.88 bits per heavy atom. The van der Waals surface area contributed by atoms with E-state index >= 15 is 0 Å². The number of thiophene rings is 1. The van der Waals surface area contributed by atoms with Gasteiger partial charge >= 0.3 is 5.97 Å². The summed E-state index contributed by atoms with van der Waals surface area (Å²) < 4.78 is 10.1. The molecular formula is C18H18N2O5S. The van der Waals surface area contributed by atoms with Crippen molar-refractivity contribution in [2.75, 3.05) is 32.8 Å². The van der Waals surface area contributed by atoms with E-state index in [9.17, 15) is 14.4 Å². The maximum atomic E-state index is 12.2. The van der Waals surface area contributed by atoms with Gasteiger partial charge in [0.1, 0.15) is 0 Å². The average molecular weight is 374 g/mol. The second-order valence-corrected chi connectivity index (χ2v) is 6.59. The summed E-state index contributed by atoms with van der Waals surface area (Å²) in [6, 6.07) is 7.04. The van der Waals surface area contributed by atoms with E-state index in [2.05, 4.69) is 0 Å². The lowest BCUT2D eigenvalue weighted by Crippen LogP contribution is -2.51. The van der Waals surface area contributed by atoms with Crippen LogP contribution in [0.25, 0.3) is 6.08 Å². The second-order valence-electron chi connectivity index (χ2n) is 5.61. The predicted octanol–water partition coefficient (Wildman–Crippen LogP) is 1.88. The second kappa shape index (κ2) is 8.48. The molecule has 26 heavy (non-hydrogen) atoms. The first-order valence-electron chi connectivity index (χ1n) is 8.12. The Kier molecular flexibility index (Phi) is 5.85. The van der Waals surface area contributed by atoms with Gasteiger partial charge in [-0.05, 0) is 29.7 Å². The van der Waals surface area contributed by atoms with E-state index in [1.54, 1.807) is 28.0 Å². The summed E-state index contributed by atoms with van der Waals surface area (Å²) in [6.45, 7) is 1.32. The number of carbonyl (C=O) groups excluding carboxylic acids is 3. The van der Waals surface area contributed by atoms with Gasteiger partial charge in [0, 0.05) is 37.1 Å². The highest BCUT2D eigenvalue weighted by atomic mass is 32.1. The molecule has 1 fully saturated rings. The normalized spacial score (nSPS) is 14.6. The van der Waals surface area contributed by atoms with Crippen LogP contribution in [0.4, 0.5) is 0 Å². The standard InChI is InChI=1S/C18H18N2O5S/c21-16(13-25-17(22)6-5-14-3-2-12-26-14)19-7-9-20(10-8-19)18(23)15-4-1-11-24-15/h1-6,11-12H,7-10,13H2. The van der Waals surface area contributed by atoms with Crippen molar-refractivity contribution in [3.8, 4) is 0 Å². The van der Waals surface area contributed by atoms with Crippen LogP contribution in [-0.2, 0) is 14.3 Å². The van der Waals surface area contributed by atoms with E-state index < -0.39 is 5.97 Å². The summed E-state index contributed by atoms with van der Waals surface area (Å²) in [7, 11) is 0. The SMILES string of the molecule is O=C(C=Cc1cccs1)OCC(=O)N1CCN(C(=O)c2ccco2)CC1. The first kappa shape index (κ1) is 17.9. The first-order chi connectivity index (χ1) is 12.6. The molecular weight excluding hydrogens is 356 g/mol. The van der Waals surface area contributed by atoms with Gasteiger partial charge in [-0.3, -0.25) is 9.59 Å². The summed E-state index contributed by atoms with van der Waals surface area (Å²) in [5.74, 6) is -0.727. The zero-order valence-electron chi connectivity index (χ0n) is 14.0. The summed E-state index contributed by atoms with van der Waals surface area (Å²) >= 11 is 1.50. The van der Waals surface area contributed by atoms with Crippen molar-refractivity contribution in [2.24, 2.45) is 0 Å². The topological polar surface area (TPSA) is 80.1 Å². The van der Waals surface area contributed by atoms with Crippen LogP contribution >= 0.6 is 11.3 Å². The van der Waals surface area contributed by atoms with Gasteiger partial charge in [0.2, 0.25) is 0 Å². The van der Waals surface area contributed by atoms with Gasteiger partial charge in [-0.2, -0.15) is 0 Å². The van der Waals surface area contributed by atoms with Crippen molar-refractivity contribution in [1.29, 1.82) is 0 Å². The van der Waals surface area contributed by atoms with Crippen LogP contribution in [0.3, 0.4) is 0 Å². The highest BCUT2D eigenvalue weighted by Crippen LogP contribution is 2.11. The van der Waals surface area contributed by atoms with Crippen molar-refractivity contribution in [3.63, 3.8) is 0 Å². The Morgan fingerprint density at radius 1 is 1.12 bits per heavy atom. The molecule has 0 radical (unpaired) electrons. The molecule has 1 saturated heterocycles. The van der Waals surface area contributed by atoms with Crippen LogP contribution in [0.1, 0.15) is 15.4 Å². The molecule has 2 aromatic heterocycles. The number of piperazine rings is 1. The van der Waals surface area contributed by atoms with E-state index in [4.69, 9.17) is 9.15 Å². The molecule has 1 aliphatic rings. The number of carbonyl (C=O) groups is 3. The highest BCUT2D eigenvalue weighted by molar-refractivity contribution is 7.10. The molecule has 0 saturated carbocycles. The minimum Gasteiger partial charge on any atom is -0.459 e. The summed E-state index contributed by atoms with van der Waals surface area (Å²) in [4.78, 5) is 40.1. The number of hydrogen-bond donors (Lipinski definition) is 0. The fourth-order valence-corrected chi connectivity index (χ4v) is 3.14. The van der Waals surface area contributed by atoms with Crippen LogP contribution in [0.5, 0.6) is 0 Å². The zero-order valence-corrected chi connectivity index (χ0v) is 14.8. The molecule has 0 atom stereocenters. The lowest BCUT2D eigenvalue weighted by molar-refractivity contribution is -0.148. The third-order valence-corrected chi connectivity index (χ3v) is 4.75. The molecule has 0 unspecified atom stereocenters. The van der Waals surface area contributed by atoms with Crippen LogP contribution in [0.15, 0.2) is 46.4 Å². The number of esters is 1. The summed E-state index contributed by atoms with van der Waals surface area (Å²) in [6.07, 6.45) is 4.41. The van der Waals surface area contributed by atoms with Gasteiger partial charge < -0.3 is 19.0 Å². The minimum atomic E-state index is -0.557. The van der Waals surface area contributed by atoms with E-state index in [-0.39, 0.29) is 24.2 Å². The highest BCUT2D eigenvalue weighted by Gasteiger charge is 2.26. The van der Waals surface area contributed by atoms with E-state index in [0.717, 1.165) is 4.88 Å². The molecule has 0 aliphatic carbocycles. The molecule has 3 heterocycles. The zero-order chi connectivity index (χ0) is 18.4. The largest absolute Gasteiger partial charge is 0.459 e. The fraction of sp³-hybridized carbons (Fsp3) is 0.278. The molecule has 2 aromatic rings. The maximum absolute atomic E-state index is 12.2. The fourth-order valence-electron chi connectivity index (χ4n) is 2.52. The van der Waals surface area contributed by atoms with Gasteiger partial charge in [-0.15, -0.1) is 11.3 Å². The molecule has 8 heteroatoms. The third-order valence-electron chi connectivity index (χ3n) is 3.92. The van der Waals surface area contributed by atoms with Crippen molar-refractivity contribution in [2.45, 2.75) is 0 Å². The Bertz CT molecular complexity index is 775. The van der Waals surface area contributed by atoms with Crippen molar-refractivity contribution in [1.82, 2.24) is 9.80 Å². The van der Waals surface area contributed by atoms with E-state index in [0.29, 0.717) is 26.2 Å². The number of rotatable bonds is 5. The van der Waals surface area contributed by atoms with Crippen LogP contribution in [0.2, 0.25) is 0 Å². The lowest BCUT2D eigenvalue weighted by atomic mass is 10.3. The predicted molar refractivity (Wildman–Crippen MR) is 95.5 cm³/mol. The molecule has 0 bridgehead atoms. The van der Waals surface area contributed by atoms with Gasteiger partial charge in [0.05, 0.1) is 6.26 Å². The number of ether oxygens (including phenoxy) is 1. The molecule has 3 rings (SSSR count). The lowest BCUT2D eigenvalue weighted by Gasteiger charge is -2.34. The average Bonchev–Trinajstić information content (AvgIpc) is 3.37. The van der Waals surface area contributed by atoms with Gasteiger partial charge in [-0.1, -0.05) is 6.07 Å². The van der Waals surface area contributed by atoms with Crippen LogP contribution < -0.4 is 0 Å². The smallest absolute Gasteiger partial charge is 0.331 e. The number of hydrogen-bond acceptors (Lipinski definition) is 6. The number of amides is 2. The summed E-state index contributed by atoms with van der Waals surface area (Å²) in [5, 5.41) is 1.91. The van der Waals surface area contributed by atoms with E-state index in [1.807, 2.05) is 17.5 Å². The minimum absolute atomic E-state index is 0.188. The van der Waals surface area contributed by atoms with Gasteiger partial charge in [0.25, 0.3) is 11.8 Å². The van der Waals surface area contributed by atoms with Gasteiger partial charge in [-0.25, -0.2) is 4.79 Å². The maximum Gasteiger partial charge on any atom is 0.331 e. The molecule has 0 spiro atoms. The molecule has 7 nitrogen and oxygen atoms in total. The molecule has 0 N–H and O–H groups in total. The first-order valence-corrected chi connectivity index (χ1v) is 9.00. The Hall–Kier alpha value is -2.87. The number of nitrogens with zero attached hydrogens (tertiary/aromatic N) is 2. The quantitative estimate of drug-likeness (QED) is 0.590. The molecule has 2 amide bonds.